The number of halogens is 4. The van der Waals surface area contributed by atoms with Gasteiger partial charge in [-0.1, -0.05) is 6.92 Å². The molecule has 0 aliphatic rings. The van der Waals surface area contributed by atoms with E-state index in [1.807, 2.05) is 0 Å². The fourth-order valence-corrected chi connectivity index (χ4v) is 2.99. The molecule has 0 spiro atoms. The standard InChI is InChI=1S/C8H15ClF3NO2S/c1-3-4-13(6-8(10,11)12)16(14,15)7(2)5-9/h7H,3-6H2,1-2H3. The average molecular weight is 282 g/mol. The summed E-state index contributed by atoms with van der Waals surface area (Å²) in [6.07, 6.45) is -4.21. The van der Waals surface area contributed by atoms with Gasteiger partial charge in [-0.3, -0.25) is 0 Å². The van der Waals surface area contributed by atoms with E-state index in [2.05, 4.69) is 0 Å². The van der Waals surface area contributed by atoms with E-state index in [1.165, 1.54) is 6.92 Å². The van der Waals surface area contributed by atoms with Crippen LogP contribution in [0.1, 0.15) is 20.3 Å². The second-order valence-electron chi connectivity index (χ2n) is 3.46. The highest BCUT2D eigenvalue weighted by atomic mass is 35.5. The van der Waals surface area contributed by atoms with Crippen LogP contribution in [0, 0.1) is 0 Å². The maximum atomic E-state index is 12.2. The highest BCUT2D eigenvalue weighted by Gasteiger charge is 2.37. The smallest absolute Gasteiger partial charge is 0.212 e. The van der Waals surface area contributed by atoms with Crippen LogP contribution >= 0.6 is 11.6 Å². The first-order valence-electron chi connectivity index (χ1n) is 4.76. The highest BCUT2D eigenvalue weighted by molar-refractivity contribution is 7.89. The molecule has 0 saturated carbocycles. The summed E-state index contributed by atoms with van der Waals surface area (Å²) >= 11 is 5.36. The first kappa shape index (κ1) is 16.0. The van der Waals surface area contributed by atoms with Crippen molar-refractivity contribution in [2.75, 3.05) is 19.0 Å². The van der Waals surface area contributed by atoms with Gasteiger partial charge in [0.05, 0.1) is 5.25 Å². The molecule has 1 atom stereocenters. The quantitative estimate of drug-likeness (QED) is 0.700. The summed E-state index contributed by atoms with van der Waals surface area (Å²) < 4.78 is 60.3. The van der Waals surface area contributed by atoms with Gasteiger partial charge in [-0.2, -0.15) is 17.5 Å². The molecule has 0 aromatic rings. The number of rotatable bonds is 6. The normalized spacial score (nSPS) is 15.4. The Morgan fingerprint density at radius 2 is 1.88 bits per heavy atom. The molecule has 0 N–H and O–H groups in total. The Hall–Kier alpha value is -0.0100. The first-order chi connectivity index (χ1) is 7.15. The maximum absolute atomic E-state index is 12.2. The lowest BCUT2D eigenvalue weighted by molar-refractivity contribution is -0.136. The van der Waals surface area contributed by atoms with Crippen molar-refractivity contribution < 1.29 is 21.6 Å². The highest BCUT2D eigenvalue weighted by Crippen LogP contribution is 2.21. The molecule has 0 aromatic heterocycles. The predicted molar refractivity (Wildman–Crippen MR) is 57.0 cm³/mol. The SMILES string of the molecule is CCCN(CC(F)(F)F)S(=O)(=O)C(C)CCl. The van der Waals surface area contributed by atoms with Gasteiger partial charge in [0.1, 0.15) is 6.54 Å². The summed E-state index contributed by atoms with van der Waals surface area (Å²) in [6.45, 7) is 1.30. The lowest BCUT2D eigenvalue weighted by Crippen LogP contribution is -2.43. The van der Waals surface area contributed by atoms with Crippen molar-refractivity contribution in [3.05, 3.63) is 0 Å². The van der Waals surface area contributed by atoms with Crippen molar-refractivity contribution in [1.29, 1.82) is 0 Å². The molecule has 0 aromatic carbocycles. The van der Waals surface area contributed by atoms with E-state index >= 15 is 0 Å². The maximum Gasteiger partial charge on any atom is 0.402 e. The lowest BCUT2D eigenvalue weighted by Gasteiger charge is -2.25. The molecule has 8 heteroatoms. The molecule has 0 saturated heterocycles. The third-order valence-electron chi connectivity index (χ3n) is 1.91. The fourth-order valence-electron chi connectivity index (χ4n) is 1.08. The Morgan fingerprint density at radius 3 is 2.19 bits per heavy atom. The molecular weight excluding hydrogens is 267 g/mol. The Morgan fingerprint density at radius 1 is 1.38 bits per heavy atom. The monoisotopic (exact) mass is 281 g/mol. The molecule has 0 aliphatic carbocycles. The molecule has 0 heterocycles. The summed E-state index contributed by atoms with van der Waals surface area (Å²) in [5.41, 5.74) is 0. The van der Waals surface area contributed by atoms with E-state index in [0.717, 1.165) is 0 Å². The molecular formula is C8H15ClF3NO2S. The fraction of sp³-hybridized carbons (Fsp3) is 1.00. The molecule has 0 aliphatic heterocycles. The Balaban J connectivity index is 4.91. The number of hydrogen-bond acceptors (Lipinski definition) is 2. The molecule has 98 valence electrons. The third-order valence-corrected chi connectivity index (χ3v) is 4.78. The van der Waals surface area contributed by atoms with Crippen LogP contribution in [-0.4, -0.2) is 43.1 Å². The van der Waals surface area contributed by atoms with Gasteiger partial charge in [0.15, 0.2) is 0 Å². The van der Waals surface area contributed by atoms with Crippen LogP contribution in [0.4, 0.5) is 13.2 Å². The molecule has 0 fully saturated rings. The summed E-state index contributed by atoms with van der Waals surface area (Å²) in [5.74, 6) is -0.222. The molecule has 3 nitrogen and oxygen atoms in total. The molecule has 0 rings (SSSR count). The molecule has 16 heavy (non-hydrogen) atoms. The molecule has 1 unspecified atom stereocenters. The minimum Gasteiger partial charge on any atom is -0.212 e. The van der Waals surface area contributed by atoms with Crippen molar-refractivity contribution in [2.24, 2.45) is 0 Å². The second kappa shape index (κ2) is 6.07. The Kier molecular flexibility index (Phi) is 6.06. The van der Waals surface area contributed by atoms with E-state index in [1.54, 1.807) is 6.92 Å². The van der Waals surface area contributed by atoms with Crippen LogP contribution in [-0.2, 0) is 10.0 Å². The zero-order chi connectivity index (χ0) is 13.0. The third kappa shape index (κ3) is 4.88. The Bertz CT molecular complexity index is 305. The second-order valence-corrected chi connectivity index (χ2v) is 6.12. The first-order valence-corrected chi connectivity index (χ1v) is 6.80. The van der Waals surface area contributed by atoms with Crippen LogP contribution in [0.3, 0.4) is 0 Å². The largest absolute Gasteiger partial charge is 0.402 e. The lowest BCUT2D eigenvalue weighted by atomic mass is 10.5. The summed E-state index contributed by atoms with van der Waals surface area (Å²) in [7, 11) is -3.97. The van der Waals surface area contributed by atoms with Crippen LogP contribution in [0.2, 0.25) is 0 Å². The molecule has 0 radical (unpaired) electrons. The van der Waals surface area contributed by atoms with E-state index in [0.29, 0.717) is 10.7 Å². The van der Waals surface area contributed by atoms with Gasteiger partial charge in [-0.05, 0) is 13.3 Å². The van der Waals surface area contributed by atoms with Crippen molar-refractivity contribution in [2.45, 2.75) is 31.7 Å². The summed E-state index contributed by atoms with van der Waals surface area (Å²) in [6, 6.07) is 0. The van der Waals surface area contributed by atoms with E-state index < -0.39 is 28.0 Å². The Labute approximate surface area is 98.6 Å². The van der Waals surface area contributed by atoms with Crippen molar-refractivity contribution >= 4 is 21.6 Å². The van der Waals surface area contributed by atoms with E-state index in [4.69, 9.17) is 11.6 Å². The number of sulfonamides is 1. The van der Waals surface area contributed by atoms with Crippen molar-refractivity contribution in [3.63, 3.8) is 0 Å². The molecule has 0 bridgehead atoms. The predicted octanol–water partition coefficient (Wildman–Crippen LogP) is 2.22. The number of alkyl halides is 4. The summed E-state index contributed by atoms with van der Waals surface area (Å²) in [4.78, 5) is 0. The van der Waals surface area contributed by atoms with Gasteiger partial charge in [0, 0.05) is 12.4 Å². The number of hydrogen-bond donors (Lipinski definition) is 0. The van der Waals surface area contributed by atoms with E-state index in [-0.39, 0.29) is 12.4 Å². The van der Waals surface area contributed by atoms with Gasteiger partial charge in [0.25, 0.3) is 0 Å². The van der Waals surface area contributed by atoms with Crippen LogP contribution in [0.25, 0.3) is 0 Å². The topological polar surface area (TPSA) is 37.4 Å². The average Bonchev–Trinajstić information content (AvgIpc) is 2.13. The zero-order valence-corrected chi connectivity index (χ0v) is 10.7. The number of nitrogens with zero attached hydrogens (tertiary/aromatic N) is 1. The summed E-state index contributed by atoms with van der Waals surface area (Å²) in [5, 5.41) is -1.01. The van der Waals surface area contributed by atoms with Crippen molar-refractivity contribution in [1.82, 2.24) is 4.31 Å². The van der Waals surface area contributed by atoms with Gasteiger partial charge < -0.3 is 0 Å². The van der Waals surface area contributed by atoms with Crippen molar-refractivity contribution in [3.8, 4) is 0 Å². The van der Waals surface area contributed by atoms with Crippen LogP contribution < -0.4 is 0 Å². The minimum absolute atomic E-state index is 0.150. The van der Waals surface area contributed by atoms with Crippen LogP contribution in [0.5, 0.6) is 0 Å². The molecule has 0 amide bonds. The minimum atomic E-state index is -4.53. The van der Waals surface area contributed by atoms with Gasteiger partial charge in [-0.25, -0.2) is 8.42 Å². The van der Waals surface area contributed by atoms with Gasteiger partial charge in [0.2, 0.25) is 10.0 Å². The van der Waals surface area contributed by atoms with Gasteiger partial charge >= 0.3 is 6.18 Å². The van der Waals surface area contributed by atoms with E-state index in [9.17, 15) is 21.6 Å². The van der Waals surface area contributed by atoms with Gasteiger partial charge in [-0.15, -0.1) is 11.6 Å². The van der Waals surface area contributed by atoms with Crippen LogP contribution in [0.15, 0.2) is 0 Å². The zero-order valence-electron chi connectivity index (χ0n) is 9.09.